The highest BCUT2D eigenvalue weighted by molar-refractivity contribution is 5.94. The molecule has 0 N–H and O–H groups in total. The van der Waals surface area contributed by atoms with Crippen LogP contribution in [0.25, 0.3) is 5.69 Å². The molecule has 0 bridgehead atoms. The molecule has 9 heteroatoms. The number of hydrogen-bond donors (Lipinski definition) is 0. The smallest absolute Gasteiger partial charge is 0.253 e. The number of benzene rings is 2. The Morgan fingerprint density at radius 1 is 1.03 bits per heavy atom. The Labute approximate surface area is 167 Å². The van der Waals surface area contributed by atoms with Crippen molar-refractivity contribution in [2.24, 2.45) is 0 Å². The van der Waals surface area contributed by atoms with E-state index in [1.54, 1.807) is 16.7 Å². The Bertz CT molecular complexity index is 965. The molecule has 29 heavy (non-hydrogen) atoms. The van der Waals surface area contributed by atoms with Gasteiger partial charge in [-0.05, 0) is 59.0 Å². The van der Waals surface area contributed by atoms with E-state index >= 15 is 0 Å². The third-order valence-corrected chi connectivity index (χ3v) is 4.97. The topological polar surface area (TPSA) is 76.4 Å². The minimum absolute atomic E-state index is 0.0762. The predicted octanol–water partition coefficient (Wildman–Crippen LogP) is 1.77. The zero-order valence-corrected chi connectivity index (χ0v) is 16.0. The molecule has 2 aromatic carbocycles. The third-order valence-electron chi connectivity index (χ3n) is 4.97. The van der Waals surface area contributed by atoms with E-state index in [9.17, 15) is 9.18 Å². The molecule has 0 aliphatic carbocycles. The van der Waals surface area contributed by atoms with Gasteiger partial charge in [0, 0.05) is 31.7 Å². The monoisotopic (exact) mass is 396 g/mol. The van der Waals surface area contributed by atoms with Crippen molar-refractivity contribution in [1.82, 2.24) is 30.0 Å². The molecule has 3 aromatic rings. The summed E-state index contributed by atoms with van der Waals surface area (Å²) in [5.74, 6) is 1.08. The number of piperazine rings is 1. The quantitative estimate of drug-likeness (QED) is 0.654. The van der Waals surface area contributed by atoms with Crippen molar-refractivity contribution in [3.05, 3.63) is 65.7 Å². The molecule has 8 nitrogen and oxygen atoms in total. The van der Waals surface area contributed by atoms with Gasteiger partial charge in [-0.25, -0.2) is 4.39 Å². The van der Waals surface area contributed by atoms with Crippen LogP contribution in [-0.2, 0) is 6.54 Å². The first-order chi connectivity index (χ1) is 14.1. The van der Waals surface area contributed by atoms with Gasteiger partial charge in [0.05, 0.1) is 19.3 Å². The standard InChI is InChI=1S/C20H21FN6O2/c1-29-18-8-6-17(7-9-18)27-19(22-23-24-27)14-25-10-12-26(13-11-25)20(28)15-2-4-16(21)5-3-15/h2-9H,10-14H2,1H3. The molecule has 0 unspecified atom stereocenters. The van der Waals surface area contributed by atoms with Gasteiger partial charge in [-0.15, -0.1) is 5.10 Å². The van der Waals surface area contributed by atoms with Crippen LogP contribution in [0.15, 0.2) is 48.5 Å². The summed E-state index contributed by atoms with van der Waals surface area (Å²) in [6.07, 6.45) is 0. The molecule has 1 fully saturated rings. The van der Waals surface area contributed by atoms with Gasteiger partial charge < -0.3 is 9.64 Å². The Morgan fingerprint density at radius 2 is 1.72 bits per heavy atom. The fourth-order valence-corrected chi connectivity index (χ4v) is 3.31. The first-order valence-electron chi connectivity index (χ1n) is 9.33. The molecule has 0 atom stereocenters. The number of amides is 1. The highest BCUT2D eigenvalue weighted by Gasteiger charge is 2.23. The summed E-state index contributed by atoms with van der Waals surface area (Å²) in [4.78, 5) is 16.6. The van der Waals surface area contributed by atoms with Gasteiger partial charge in [0.1, 0.15) is 11.6 Å². The minimum atomic E-state index is -0.346. The van der Waals surface area contributed by atoms with Gasteiger partial charge in [0.25, 0.3) is 5.91 Å². The highest BCUT2D eigenvalue weighted by atomic mass is 19.1. The zero-order chi connectivity index (χ0) is 20.2. The number of carbonyl (C=O) groups is 1. The number of methoxy groups -OCH3 is 1. The van der Waals surface area contributed by atoms with E-state index in [2.05, 4.69) is 20.4 Å². The average Bonchev–Trinajstić information content (AvgIpc) is 3.22. The normalized spacial score (nSPS) is 14.8. The summed E-state index contributed by atoms with van der Waals surface area (Å²) in [7, 11) is 1.62. The number of rotatable bonds is 5. The first-order valence-corrected chi connectivity index (χ1v) is 9.33. The zero-order valence-electron chi connectivity index (χ0n) is 16.0. The maximum atomic E-state index is 13.1. The van der Waals surface area contributed by atoms with Gasteiger partial charge in [-0.1, -0.05) is 0 Å². The van der Waals surface area contributed by atoms with Crippen LogP contribution in [0.4, 0.5) is 4.39 Å². The second-order valence-corrected chi connectivity index (χ2v) is 6.78. The van der Waals surface area contributed by atoms with Crippen LogP contribution >= 0.6 is 0 Å². The van der Waals surface area contributed by atoms with Gasteiger partial charge in [-0.3, -0.25) is 9.69 Å². The minimum Gasteiger partial charge on any atom is -0.497 e. The summed E-state index contributed by atoms with van der Waals surface area (Å²) >= 11 is 0. The Hall–Kier alpha value is -3.33. The number of ether oxygens (including phenoxy) is 1. The second kappa shape index (κ2) is 8.36. The van der Waals surface area contributed by atoms with Gasteiger partial charge in [0.2, 0.25) is 0 Å². The van der Waals surface area contributed by atoms with Crippen LogP contribution in [0.1, 0.15) is 16.2 Å². The molecular weight excluding hydrogens is 375 g/mol. The molecular formula is C20H21FN6O2. The largest absolute Gasteiger partial charge is 0.497 e. The fraction of sp³-hybridized carbons (Fsp3) is 0.300. The van der Waals surface area contributed by atoms with Crippen molar-refractivity contribution in [2.45, 2.75) is 6.54 Å². The average molecular weight is 396 g/mol. The molecule has 1 aliphatic heterocycles. The SMILES string of the molecule is COc1ccc(-n2nnnc2CN2CCN(C(=O)c3ccc(F)cc3)CC2)cc1. The maximum Gasteiger partial charge on any atom is 0.253 e. The Morgan fingerprint density at radius 3 is 2.38 bits per heavy atom. The molecule has 0 spiro atoms. The van der Waals surface area contributed by atoms with Crippen LogP contribution in [0.5, 0.6) is 5.75 Å². The van der Waals surface area contributed by atoms with Crippen molar-refractivity contribution in [2.75, 3.05) is 33.3 Å². The third kappa shape index (κ3) is 4.24. The molecule has 150 valence electrons. The van der Waals surface area contributed by atoms with Gasteiger partial charge >= 0.3 is 0 Å². The second-order valence-electron chi connectivity index (χ2n) is 6.78. The van der Waals surface area contributed by atoms with E-state index < -0.39 is 0 Å². The van der Waals surface area contributed by atoms with Crippen LogP contribution < -0.4 is 4.74 Å². The molecule has 0 radical (unpaired) electrons. The lowest BCUT2D eigenvalue weighted by Gasteiger charge is -2.34. The van der Waals surface area contributed by atoms with Crippen molar-refractivity contribution >= 4 is 5.91 Å². The van der Waals surface area contributed by atoms with Crippen molar-refractivity contribution in [1.29, 1.82) is 0 Å². The summed E-state index contributed by atoms with van der Waals surface area (Å²) in [6, 6.07) is 13.2. The number of tetrazole rings is 1. The molecule has 2 heterocycles. The summed E-state index contributed by atoms with van der Waals surface area (Å²) < 4.78 is 20.0. The molecule has 0 saturated carbocycles. The van der Waals surface area contributed by atoms with E-state index in [-0.39, 0.29) is 11.7 Å². The highest BCUT2D eigenvalue weighted by Crippen LogP contribution is 2.16. The van der Waals surface area contributed by atoms with Gasteiger partial charge in [0.15, 0.2) is 5.82 Å². The van der Waals surface area contributed by atoms with E-state index in [1.807, 2.05) is 24.3 Å². The number of hydrogen-bond acceptors (Lipinski definition) is 6. The van der Waals surface area contributed by atoms with E-state index in [0.29, 0.717) is 38.3 Å². The van der Waals surface area contributed by atoms with Crippen molar-refractivity contribution in [3.8, 4) is 11.4 Å². The predicted molar refractivity (Wildman–Crippen MR) is 103 cm³/mol. The number of carbonyl (C=O) groups excluding carboxylic acids is 1. The lowest BCUT2D eigenvalue weighted by atomic mass is 10.2. The summed E-state index contributed by atoms with van der Waals surface area (Å²) in [5.41, 5.74) is 1.36. The van der Waals surface area contributed by atoms with E-state index in [0.717, 1.165) is 17.3 Å². The Kier molecular flexibility index (Phi) is 5.48. The maximum absolute atomic E-state index is 13.1. The lowest BCUT2D eigenvalue weighted by Crippen LogP contribution is -2.48. The number of aromatic nitrogens is 4. The summed E-state index contributed by atoms with van der Waals surface area (Å²) in [5, 5.41) is 12.0. The molecule has 1 aliphatic rings. The van der Waals surface area contributed by atoms with E-state index in [1.165, 1.54) is 24.3 Å². The van der Waals surface area contributed by atoms with Crippen molar-refractivity contribution < 1.29 is 13.9 Å². The van der Waals surface area contributed by atoms with Crippen LogP contribution in [-0.4, -0.2) is 69.2 Å². The lowest BCUT2D eigenvalue weighted by molar-refractivity contribution is 0.0624. The number of halogens is 1. The molecule has 1 aromatic heterocycles. The first kappa shape index (κ1) is 19.0. The molecule has 4 rings (SSSR count). The fourth-order valence-electron chi connectivity index (χ4n) is 3.31. The molecule has 1 amide bonds. The van der Waals surface area contributed by atoms with E-state index in [4.69, 9.17) is 4.74 Å². The number of nitrogens with zero attached hydrogens (tertiary/aromatic N) is 6. The molecule has 1 saturated heterocycles. The van der Waals surface area contributed by atoms with Crippen LogP contribution in [0, 0.1) is 5.82 Å². The van der Waals surface area contributed by atoms with Crippen LogP contribution in [0.2, 0.25) is 0 Å². The summed E-state index contributed by atoms with van der Waals surface area (Å²) in [6.45, 7) is 3.20. The van der Waals surface area contributed by atoms with Crippen molar-refractivity contribution in [3.63, 3.8) is 0 Å². The van der Waals surface area contributed by atoms with Crippen LogP contribution in [0.3, 0.4) is 0 Å². The Balaban J connectivity index is 1.37. The van der Waals surface area contributed by atoms with Gasteiger partial charge in [-0.2, -0.15) is 4.68 Å².